The minimum Gasteiger partial charge on any atom is -0.508 e. The molecule has 0 unspecified atom stereocenters. The van der Waals surface area contributed by atoms with Crippen molar-refractivity contribution in [1.29, 1.82) is 0 Å². The van der Waals surface area contributed by atoms with Gasteiger partial charge in [0.1, 0.15) is 30.2 Å². The van der Waals surface area contributed by atoms with Crippen LogP contribution in [0.4, 0.5) is 0 Å². The molecule has 0 fully saturated rings. The molecular formula is C19H14N4O3. The number of hydrogen-bond acceptors (Lipinski definition) is 7. The Labute approximate surface area is 148 Å². The van der Waals surface area contributed by atoms with Crippen molar-refractivity contribution < 1.29 is 14.6 Å². The van der Waals surface area contributed by atoms with Gasteiger partial charge in [-0.2, -0.15) is 0 Å². The lowest BCUT2D eigenvalue weighted by molar-refractivity contribution is 0.264. The van der Waals surface area contributed by atoms with Crippen LogP contribution in [-0.2, 0) is 10.3 Å². The molecular weight excluding hydrogens is 332 g/mol. The van der Waals surface area contributed by atoms with E-state index in [4.69, 9.17) is 15.2 Å². The van der Waals surface area contributed by atoms with E-state index >= 15 is 0 Å². The van der Waals surface area contributed by atoms with Gasteiger partial charge in [-0.05, 0) is 35.9 Å². The second kappa shape index (κ2) is 5.19. The maximum absolute atomic E-state index is 9.99. The van der Waals surface area contributed by atoms with Gasteiger partial charge < -0.3 is 20.3 Å². The summed E-state index contributed by atoms with van der Waals surface area (Å²) in [6, 6.07) is 10.9. The molecule has 1 spiro atoms. The molecule has 1 atom stereocenters. The number of rotatable bonds is 1. The lowest BCUT2D eigenvalue weighted by Crippen LogP contribution is -2.31. The normalized spacial score (nSPS) is 19.9. The standard InChI is InChI=1S/C19H14N4O3/c20-18-23-19(9-25-18)14-5-11(12-7-21-10-22-8-12)1-3-16(14)26-17-4-2-13(24)6-15(17)19/h1-8,10,24H,9H2,(H2,20,23)/t19-/m0/s1. The van der Waals surface area contributed by atoms with Crippen molar-refractivity contribution in [2.24, 2.45) is 10.7 Å². The van der Waals surface area contributed by atoms with Gasteiger partial charge in [0.15, 0.2) is 5.54 Å². The first-order valence-corrected chi connectivity index (χ1v) is 8.05. The first kappa shape index (κ1) is 14.7. The molecule has 7 nitrogen and oxygen atoms in total. The Hall–Kier alpha value is -3.61. The van der Waals surface area contributed by atoms with E-state index in [0.29, 0.717) is 17.1 Å². The molecule has 3 N–H and O–H groups in total. The van der Waals surface area contributed by atoms with Gasteiger partial charge in [0.2, 0.25) is 0 Å². The molecule has 0 saturated heterocycles. The van der Waals surface area contributed by atoms with Gasteiger partial charge in [-0.3, -0.25) is 0 Å². The number of hydrogen-bond donors (Lipinski definition) is 2. The Morgan fingerprint density at radius 2 is 1.69 bits per heavy atom. The lowest BCUT2D eigenvalue weighted by atomic mass is 9.80. The van der Waals surface area contributed by atoms with E-state index in [1.165, 1.54) is 6.33 Å². The van der Waals surface area contributed by atoms with Crippen LogP contribution in [0.2, 0.25) is 0 Å². The van der Waals surface area contributed by atoms with Crippen LogP contribution in [0.5, 0.6) is 17.2 Å². The number of aromatic hydroxyl groups is 1. The molecule has 5 rings (SSSR count). The van der Waals surface area contributed by atoms with E-state index in [1.807, 2.05) is 18.2 Å². The summed E-state index contributed by atoms with van der Waals surface area (Å²) in [5, 5.41) is 9.99. The lowest BCUT2D eigenvalue weighted by Gasteiger charge is -2.33. The fraction of sp³-hybridized carbons (Fsp3) is 0.105. The van der Waals surface area contributed by atoms with Crippen LogP contribution in [0.1, 0.15) is 11.1 Å². The predicted molar refractivity (Wildman–Crippen MR) is 94.0 cm³/mol. The summed E-state index contributed by atoms with van der Waals surface area (Å²) in [5.74, 6) is 1.42. The monoisotopic (exact) mass is 346 g/mol. The van der Waals surface area contributed by atoms with Gasteiger partial charge in [0.25, 0.3) is 6.02 Å². The van der Waals surface area contributed by atoms with Crippen LogP contribution in [-0.4, -0.2) is 27.7 Å². The third-order valence-corrected chi connectivity index (χ3v) is 4.68. The second-order valence-electron chi connectivity index (χ2n) is 6.22. The highest BCUT2D eigenvalue weighted by molar-refractivity contribution is 5.78. The summed E-state index contributed by atoms with van der Waals surface area (Å²) >= 11 is 0. The van der Waals surface area contributed by atoms with E-state index in [9.17, 15) is 5.11 Å². The van der Waals surface area contributed by atoms with Crippen LogP contribution in [0, 0.1) is 0 Å². The van der Waals surface area contributed by atoms with Crippen molar-refractivity contribution in [3.63, 3.8) is 0 Å². The third kappa shape index (κ3) is 2.03. The number of aromatic nitrogens is 2. The van der Waals surface area contributed by atoms with Crippen molar-refractivity contribution in [3.05, 3.63) is 66.2 Å². The number of nitrogens with two attached hydrogens (primary N) is 1. The summed E-state index contributed by atoms with van der Waals surface area (Å²) in [4.78, 5) is 12.7. The van der Waals surface area contributed by atoms with E-state index in [0.717, 1.165) is 16.7 Å². The summed E-state index contributed by atoms with van der Waals surface area (Å²) in [7, 11) is 0. The molecule has 2 aromatic carbocycles. The number of fused-ring (bicyclic) bond motifs is 4. The number of amidine groups is 1. The summed E-state index contributed by atoms with van der Waals surface area (Å²) < 4.78 is 11.5. The zero-order chi connectivity index (χ0) is 17.7. The highest BCUT2D eigenvalue weighted by atomic mass is 16.5. The molecule has 0 aliphatic carbocycles. The molecule has 1 aromatic heterocycles. The van der Waals surface area contributed by atoms with Gasteiger partial charge in [-0.15, -0.1) is 0 Å². The van der Waals surface area contributed by atoms with Gasteiger partial charge in [-0.25, -0.2) is 15.0 Å². The van der Waals surface area contributed by atoms with Gasteiger partial charge in [0.05, 0.1) is 0 Å². The quantitative estimate of drug-likeness (QED) is 0.702. The second-order valence-corrected chi connectivity index (χ2v) is 6.22. The maximum atomic E-state index is 9.99. The summed E-state index contributed by atoms with van der Waals surface area (Å²) in [5.41, 5.74) is 8.32. The third-order valence-electron chi connectivity index (χ3n) is 4.68. The summed E-state index contributed by atoms with van der Waals surface area (Å²) in [6.07, 6.45) is 4.97. The molecule has 2 aliphatic heterocycles. The van der Waals surface area contributed by atoms with E-state index in [1.54, 1.807) is 30.6 Å². The SMILES string of the molecule is NC1=N[C@]2(CO1)c1cc(O)ccc1Oc1ccc(-c3cncnc3)cc12. The zero-order valence-corrected chi connectivity index (χ0v) is 13.6. The van der Waals surface area contributed by atoms with E-state index < -0.39 is 5.54 Å². The highest BCUT2D eigenvalue weighted by Gasteiger charge is 2.47. The number of phenolic OH excluding ortho intramolecular Hbond substituents is 1. The molecule has 0 amide bonds. The Kier molecular flexibility index (Phi) is 2.94. The fourth-order valence-electron chi connectivity index (χ4n) is 3.47. The number of phenols is 1. The van der Waals surface area contributed by atoms with Crippen LogP contribution in [0.25, 0.3) is 11.1 Å². The molecule has 0 bridgehead atoms. The first-order chi connectivity index (χ1) is 12.7. The molecule has 2 aliphatic rings. The molecule has 7 heteroatoms. The molecule has 128 valence electrons. The van der Waals surface area contributed by atoms with Crippen molar-refractivity contribution in [3.8, 4) is 28.4 Å². The Morgan fingerprint density at radius 1 is 0.962 bits per heavy atom. The van der Waals surface area contributed by atoms with Crippen LogP contribution in [0.3, 0.4) is 0 Å². The van der Waals surface area contributed by atoms with Crippen molar-refractivity contribution in [2.75, 3.05) is 6.61 Å². The predicted octanol–water partition coefficient (Wildman–Crippen LogP) is 2.54. The average molecular weight is 346 g/mol. The highest BCUT2D eigenvalue weighted by Crippen LogP contribution is 2.52. The van der Waals surface area contributed by atoms with Gasteiger partial charge in [-0.1, -0.05) is 6.07 Å². The van der Waals surface area contributed by atoms with Crippen molar-refractivity contribution in [1.82, 2.24) is 9.97 Å². The number of aliphatic imine (C=N–C) groups is 1. The Balaban J connectivity index is 1.76. The van der Waals surface area contributed by atoms with Crippen molar-refractivity contribution >= 4 is 6.02 Å². The van der Waals surface area contributed by atoms with Gasteiger partial charge >= 0.3 is 0 Å². The zero-order valence-electron chi connectivity index (χ0n) is 13.6. The van der Waals surface area contributed by atoms with Crippen LogP contribution < -0.4 is 10.5 Å². The number of benzene rings is 2. The Bertz CT molecular complexity index is 1050. The van der Waals surface area contributed by atoms with Crippen molar-refractivity contribution in [2.45, 2.75) is 5.54 Å². The topological polar surface area (TPSA) is 103 Å². The average Bonchev–Trinajstić information content (AvgIpc) is 3.06. The van der Waals surface area contributed by atoms with E-state index in [2.05, 4.69) is 15.0 Å². The minimum atomic E-state index is -0.864. The largest absolute Gasteiger partial charge is 0.508 e. The maximum Gasteiger partial charge on any atom is 0.283 e. The Morgan fingerprint density at radius 3 is 2.42 bits per heavy atom. The van der Waals surface area contributed by atoms with Crippen LogP contribution in [0.15, 0.2) is 60.1 Å². The molecule has 26 heavy (non-hydrogen) atoms. The molecule has 0 radical (unpaired) electrons. The minimum absolute atomic E-state index is 0.112. The fourth-order valence-corrected chi connectivity index (χ4v) is 3.47. The van der Waals surface area contributed by atoms with E-state index in [-0.39, 0.29) is 18.4 Å². The first-order valence-electron chi connectivity index (χ1n) is 8.05. The number of nitrogens with zero attached hydrogens (tertiary/aromatic N) is 3. The van der Waals surface area contributed by atoms with Crippen LogP contribution >= 0.6 is 0 Å². The molecule has 0 saturated carbocycles. The molecule has 3 heterocycles. The molecule has 3 aromatic rings. The number of ether oxygens (including phenoxy) is 2. The smallest absolute Gasteiger partial charge is 0.283 e. The van der Waals surface area contributed by atoms with Gasteiger partial charge in [0, 0.05) is 29.1 Å². The summed E-state index contributed by atoms with van der Waals surface area (Å²) in [6.45, 7) is 0.236.